The van der Waals surface area contributed by atoms with Crippen LogP contribution in [0.4, 0.5) is 5.69 Å². The summed E-state index contributed by atoms with van der Waals surface area (Å²) in [4.78, 5) is 0. The van der Waals surface area contributed by atoms with Crippen molar-refractivity contribution in [2.24, 2.45) is 11.0 Å². The Morgan fingerprint density at radius 1 is 1.10 bits per heavy atom. The Morgan fingerprint density at radius 2 is 1.75 bits per heavy atom. The molecule has 0 aromatic heterocycles. The van der Waals surface area contributed by atoms with Crippen molar-refractivity contribution >= 4 is 13.3 Å². The second kappa shape index (κ2) is 5.54. The van der Waals surface area contributed by atoms with Crippen molar-refractivity contribution in [3.8, 4) is 17.2 Å². The molecule has 106 valence electrons. The van der Waals surface area contributed by atoms with Gasteiger partial charge in [-0.15, -0.1) is 0 Å². The maximum Gasteiger partial charge on any atom is 0.300 e. The van der Waals surface area contributed by atoms with E-state index in [0.29, 0.717) is 11.5 Å². The van der Waals surface area contributed by atoms with Gasteiger partial charge in [-0.3, -0.25) is 20.2 Å². The number of phenols is 1. The van der Waals surface area contributed by atoms with Gasteiger partial charge >= 0.3 is 0 Å². The Kier molecular flexibility index (Phi) is 3.99. The fourth-order valence-electron chi connectivity index (χ4n) is 1.63. The second-order valence-electron chi connectivity index (χ2n) is 4.26. The minimum absolute atomic E-state index is 0.114. The number of phenolic OH excluding ortho intramolecular Hbond substituents is 1. The maximum absolute atomic E-state index is 11.6. The minimum Gasteiger partial charge on any atom is -0.506 e. The summed E-state index contributed by atoms with van der Waals surface area (Å²) in [5, 5.41) is 9.95. The Morgan fingerprint density at radius 3 is 2.30 bits per heavy atom. The molecular formula is C13H16N3O3P. The van der Waals surface area contributed by atoms with Crippen LogP contribution in [-0.2, 0) is 4.57 Å². The molecule has 0 radical (unpaired) electrons. The van der Waals surface area contributed by atoms with E-state index in [2.05, 4.69) is 0 Å². The number of hydrogen-bond donors (Lipinski definition) is 3. The van der Waals surface area contributed by atoms with Gasteiger partial charge in [-0.25, -0.2) is 0 Å². The van der Waals surface area contributed by atoms with Gasteiger partial charge in [0.2, 0.25) is 0 Å². The third-order valence-corrected chi connectivity index (χ3v) is 3.90. The first-order valence-corrected chi connectivity index (χ1v) is 7.65. The average molecular weight is 293 g/mol. The second-order valence-corrected chi connectivity index (χ2v) is 6.21. The van der Waals surface area contributed by atoms with Crippen LogP contribution in [0.25, 0.3) is 0 Å². The molecule has 0 fully saturated rings. The van der Waals surface area contributed by atoms with E-state index in [1.165, 1.54) is 13.1 Å². The quantitative estimate of drug-likeness (QED) is 0.749. The van der Waals surface area contributed by atoms with Crippen molar-refractivity contribution in [3.05, 3.63) is 48.5 Å². The molecule has 0 saturated heterocycles. The highest BCUT2D eigenvalue weighted by molar-refractivity contribution is 7.60. The summed E-state index contributed by atoms with van der Waals surface area (Å²) in [6.07, 6.45) is 0. The van der Waals surface area contributed by atoms with Crippen LogP contribution in [0.5, 0.6) is 17.2 Å². The molecule has 0 heterocycles. The SMILES string of the molecule is CN(c1ccc(Oc2ccccc2)cc1O)P(N)(N)=O. The highest BCUT2D eigenvalue weighted by atomic mass is 31.2. The first-order chi connectivity index (χ1) is 9.38. The molecule has 2 aromatic carbocycles. The highest BCUT2D eigenvalue weighted by Gasteiger charge is 2.20. The van der Waals surface area contributed by atoms with Gasteiger partial charge in [0.1, 0.15) is 17.2 Å². The third-order valence-electron chi connectivity index (χ3n) is 2.74. The summed E-state index contributed by atoms with van der Waals surface area (Å²) >= 11 is 0. The average Bonchev–Trinajstić information content (AvgIpc) is 2.38. The van der Waals surface area contributed by atoms with Crippen LogP contribution in [0.1, 0.15) is 0 Å². The van der Waals surface area contributed by atoms with Crippen molar-refractivity contribution < 1.29 is 14.4 Å². The molecule has 0 aliphatic carbocycles. The summed E-state index contributed by atoms with van der Waals surface area (Å²) in [6.45, 7) is 0. The summed E-state index contributed by atoms with van der Waals surface area (Å²) in [5.41, 5.74) is 11.0. The normalized spacial score (nSPS) is 11.2. The van der Waals surface area contributed by atoms with Crippen LogP contribution in [-0.4, -0.2) is 12.2 Å². The zero-order valence-electron chi connectivity index (χ0n) is 10.9. The summed E-state index contributed by atoms with van der Waals surface area (Å²) in [6, 6.07) is 13.7. The first kappa shape index (κ1) is 14.4. The zero-order chi connectivity index (χ0) is 14.8. The molecule has 0 aliphatic heterocycles. The highest BCUT2D eigenvalue weighted by Crippen LogP contribution is 2.41. The van der Waals surface area contributed by atoms with Crippen LogP contribution < -0.4 is 20.4 Å². The number of aromatic hydroxyl groups is 1. The molecule has 0 unspecified atom stereocenters. The molecule has 0 amide bonds. The largest absolute Gasteiger partial charge is 0.506 e. The van der Waals surface area contributed by atoms with Crippen LogP contribution in [0.2, 0.25) is 0 Å². The number of para-hydroxylation sites is 1. The van der Waals surface area contributed by atoms with E-state index in [4.69, 9.17) is 15.7 Å². The predicted octanol–water partition coefficient (Wildman–Crippen LogP) is 2.65. The van der Waals surface area contributed by atoms with E-state index >= 15 is 0 Å². The molecular weight excluding hydrogens is 277 g/mol. The third kappa shape index (κ3) is 3.30. The van der Waals surface area contributed by atoms with E-state index in [1.54, 1.807) is 24.3 Å². The van der Waals surface area contributed by atoms with Gasteiger partial charge in [0.05, 0.1) is 5.69 Å². The fraction of sp³-hybridized carbons (Fsp3) is 0.0769. The molecule has 20 heavy (non-hydrogen) atoms. The number of rotatable bonds is 4. The van der Waals surface area contributed by atoms with Gasteiger partial charge in [0.25, 0.3) is 7.59 Å². The lowest BCUT2D eigenvalue weighted by molar-refractivity contribution is 0.456. The maximum atomic E-state index is 11.6. The molecule has 0 atom stereocenters. The smallest absolute Gasteiger partial charge is 0.300 e. The van der Waals surface area contributed by atoms with Gasteiger partial charge in [0, 0.05) is 13.1 Å². The Balaban J connectivity index is 2.24. The minimum atomic E-state index is -3.45. The monoisotopic (exact) mass is 293 g/mol. The Bertz CT molecular complexity index is 643. The van der Waals surface area contributed by atoms with E-state index in [9.17, 15) is 9.67 Å². The number of benzene rings is 2. The molecule has 2 aromatic rings. The van der Waals surface area contributed by atoms with Crippen molar-refractivity contribution in [1.29, 1.82) is 0 Å². The standard InChI is InChI=1S/C13H16N3O3P/c1-16(20(14,15)18)12-8-7-11(9-13(12)17)19-10-5-3-2-4-6-10/h2-9,17H,1H3,(H4,14,15,18). The topological polar surface area (TPSA) is 102 Å². The van der Waals surface area contributed by atoms with Gasteiger partial charge < -0.3 is 9.84 Å². The Hall–Kier alpha value is -2.01. The van der Waals surface area contributed by atoms with Gasteiger partial charge in [0.15, 0.2) is 0 Å². The fourth-order valence-corrected chi connectivity index (χ4v) is 2.14. The molecule has 0 saturated carbocycles. The number of anilines is 1. The summed E-state index contributed by atoms with van der Waals surface area (Å²) < 4.78 is 18.3. The van der Waals surface area contributed by atoms with Crippen LogP contribution >= 0.6 is 7.59 Å². The van der Waals surface area contributed by atoms with Crippen LogP contribution in [0.15, 0.2) is 48.5 Å². The zero-order valence-corrected chi connectivity index (χ0v) is 11.8. The van der Waals surface area contributed by atoms with E-state index in [1.807, 2.05) is 18.2 Å². The van der Waals surface area contributed by atoms with Crippen molar-refractivity contribution in [2.45, 2.75) is 0 Å². The van der Waals surface area contributed by atoms with Crippen molar-refractivity contribution in [1.82, 2.24) is 0 Å². The molecule has 6 nitrogen and oxygen atoms in total. The van der Waals surface area contributed by atoms with Crippen LogP contribution in [0, 0.1) is 0 Å². The summed E-state index contributed by atoms with van der Waals surface area (Å²) in [7, 11) is -2.00. The van der Waals surface area contributed by atoms with Gasteiger partial charge in [-0.1, -0.05) is 18.2 Å². The number of ether oxygens (including phenoxy) is 1. The molecule has 5 N–H and O–H groups in total. The summed E-state index contributed by atoms with van der Waals surface area (Å²) in [5.74, 6) is 0.989. The molecule has 7 heteroatoms. The molecule has 2 rings (SSSR count). The number of nitrogens with zero attached hydrogens (tertiary/aromatic N) is 1. The number of nitrogens with two attached hydrogens (primary N) is 2. The lowest BCUT2D eigenvalue weighted by atomic mass is 10.2. The Labute approximate surface area is 117 Å². The predicted molar refractivity (Wildman–Crippen MR) is 79.0 cm³/mol. The van der Waals surface area contributed by atoms with Crippen molar-refractivity contribution in [3.63, 3.8) is 0 Å². The lowest BCUT2D eigenvalue weighted by Crippen LogP contribution is -2.24. The lowest BCUT2D eigenvalue weighted by Gasteiger charge is -2.23. The van der Waals surface area contributed by atoms with Gasteiger partial charge in [-0.2, -0.15) is 0 Å². The van der Waals surface area contributed by atoms with Crippen LogP contribution in [0.3, 0.4) is 0 Å². The molecule has 0 bridgehead atoms. The first-order valence-electron chi connectivity index (χ1n) is 5.85. The molecule has 0 aliphatic rings. The van der Waals surface area contributed by atoms with E-state index < -0.39 is 7.59 Å². The van der Waals surface area contributed by atoms with Crippen molar-refractivity contribution in [2.75, 3.05) is 11.7 Å². The molecule has 0 spiro atoms. The number of hydrogen-bond acceptors (Lipinski definition) is 3. The van der Waals surface area contributed by atoms with Gasteiger partial charge in [-0.05, 0) is 24.3 Å². The van der Waals surface area contributed by atoms with E-state index in [-0.39, 0.29) is 11.4 Å². The van der Waals surface area contributed by atoms with E-state index in [0.717, 1.165) is 4.67 Å².